The largest absolute Gasteiger partial charge is 0.351 e. The number of halogens is 2. The molecule has 0 heterocycles. The Labute approximate surface area is 143 Å². The molecule has 0 saturated carbocycles. The number of thioether (sulfide) groups is 1. The van der Waals surface area contributed by atoms with Gasteiger partial charge in [0.25, 0.3) is 0 Å². The second kappa shape index (κ2) is 8.13. The first-order valence-electron chi connectivity index (χ1n) is 6.91. The lowest BCUT2D eigenvalue weighted by molar-refractivity contribution is -0.118. The summed E-state index contributed by atoms with van der Waals surface area (Å²) in [6.07, 6.45) is 0. The highest BCUT2D eigenvalue weighted by atomic mass is 35.5. The lowest BCUT2D eigenvalue weighted by Crippen LogP contribution is -2.24. The SMILES string of the molecule is CC(=O)c1ccc(SCC(=O)NCc2ccccc2Cl)c(F)c1. The van der Waals surface area contributed by atoms with Gasteiger partial charge in [-0.1, -0.05) is 35.9 Å². The van der Waals surface area contributed by atoms with Gasteiger partial charge in [-0.25, -0.2) is 4.39 Å². The Morgan fingerprint density at radius 1 is 1.22 bits per heavy atom. The van der Waals surface area contributed by atoms with E-state index in [1.807, 2.05) is 18.2 Å². The van der Waals surface area contributed by atoms with Crippen molar-refractivity contribution < 1.29 is 14.0 Å². The van der Waals surface area contributed by atoms with Crippen molar-refractivity contribution in [3.05, 3.63) is 64.4 Å². The van der Waals surface area contributed by atoms with Crippen molar-refractivity contribution >= 4 is 35.1 Å². The van der Waals surface area contributed by atoms with Gasteiger partial charge in [-0.3, -0.25) is 9.59 Å². The number of benzene rings is 2. The molecule has 0 aliphatic heterocycles. The van der Waals surface area contributed by atoms with Crippen LogP contribution in [0.2, 0.25) is 5.02 Å². The molecule has 1 amide bonds. The molecule has 23 heavy (non-hydrogen) atoms. The molecule has 0 bridgehead atoms. The summed E-state index contributed by atoms with van der Waals surface area (Å²) in [6, 6.07) is 11.5. The normalized spacial score (nSPS) is 10.4. The molecule has 0 saturated heterocycles. The molecule has 2 aromatic carbocycles. The quantitative estimate of drug-likeness (QED) is 0.629. The van der Waals surface area contributed by atoms with Gasteiger partial charge in [0, 0.05) is 22.0 Å². The number of amides is 1. The number of ketones is 1. The van der Waals surface area contributed by atoms with Gasteiger partial charge in [0.2, 0.25) is 5.91 Å². The Bertz CT molecular complexity index is 736. The van der Waals surface area contributed by atoms with Crippen LogP contribution in [0.15, 0.2) is 47.4 Å². The van der Waals surface area contributed by atoms with E-state index in [2.05, 4.69) is 5.32 Å². The molecule has 0 fully saturated rings. The van der Waals surface area contributed by atoms with Crippen LogP contribution in [0.3, 0.4) is 0 Å². The van der Waals surface area contributed by atoms with Gasteiger partial charge < -0.3 is 5.32 Å². The molecule has 0 aromatic heterocycles. The van der Waals surface area contributed by atoms with Crippen molar-refractivity contribution in [3.8, 4) is 0 Å². The first-order valence-corrected chi connectivity index (χ1v) is 8.27. The molecule has 6 heteroatoms. The van der Waals surface area contributed by atoms with Crippen LogP contribution in [-0.4, -0.2) is 17.4 Å². The fraction of sp³-hybridized carbons (Fsp3) is 0.176. The number of hydrogen-bond acceptors (Lipinski definition) is 3. The van der Waals surface area contributed by atoms with Crippen molar-refractivity contribution in [1.82, 2.24) is 5.32 Å². The predicted molar refractivity (Wildman–Crippen MR) is 90.4 cm³/mol. The van der Waals surface area contributed by atoms with Gasteiger partial charge in [-0.2, -0.15) is 0 Å². The average molecular weight is 352 g/mol. The van der Waals surface area contributed by atoms with Crippen LogP contribution >= 0.6 is 23.4 Å². The van der Waals surface area contributed by atoms with Gasteiger partial charge in [-0.05, 0) is 30.7 Å². The van der Waals surface area contributed by atoms with Gasteiger partial charge in [0.15, 0.2) is 5.78 Å². The maximum atomic E-state index is 13.8. The maximum absolute atomic E-state index is 13.8. The minimum absolute atomic E-state index is 0.0841. The summed E-state index contributed by atoms with van der Waals surface area (Å²) in [7, 11) is 0. The van der Waals surface area contributed by atoms with Crippen molar-refractivity contribution in [1.29, 1.82) is 0 Å². The lowest BCUT2D eigenvalue weighted by Gasteiger charge is -2.07. The second-order valence-electron chi connectivity index (χ2n) is 4.86. The number of hydrogen-bond donors (Lipinski definition) is 1. The molecular formula is C17H15ClFNO2S. The third-order valence-corrected chi connectivity index (χ3v) is 4.55. The summed E-state index contributed by atoms with van der Waals surface area (Å²) in [5, 5.41) is 3.33. The maximum Gasteiger partial charge on any atom is 0.230 e. The Kier molecular flexibility index (Phi) is 6.19. The van der Waals surface area contributed by atoms with E-state index >= 15 is 0 Å². The number of carbonyl (C=O) groups is 2. The summed E-state index contributed by atoms with van der Waals surface area (Å²) >= 11 is 7.09. The van der Waals surface area contributed by atoms with E-state index in [4.69, 9.17) is 11.6 Å². The minimum Gasteiger partial charge on any atom is -0.351 e. The lowest BCUT2D eigenvalue weighted by atomic mass is 10.1. The number of carbonyl (C=O) groups excluding carboxylic acids is 2. The van der Waals surface area contributed by atoms with E-state index < -0.39 is 5.82 Å². The first-order chi connectivity index (χ1) is 11.0. The molecule has 0 aliphatic carbocycles. The molecule has 2 rings (SSSR count). The number of nitrogens with one attached hydrogen (secondary N) is 1. The zero-order valence-corrected chi connectivity index (χ0v) is 14.0. The highest BCUT2D eigenvalue weighted by Crippen LogP contribution is 2.23. The minimum atomic E-state index is -0.499. The van der Waals surface area contributed by atoms with E-state index in [1.165, 1.54) is 19.1 Å². The summed E-state index contributed by atoms with van der Waals surface area (Å²) in [5.74, 6) is -0.828. The van der Waals surface area contributed by atoms with Crippen LogP contribution < -0.4 is 5.32 Å². The van der Waals surface area contributed by atoms with Crippen LogP contribution in [-0.2, 0) is 11.3 Å². The molecule has 120 valence electrons. The summed E-state index contributed by atoms with van der Waals surface area (Å²) in [5.41, 5.74) is 1.14. The highest BCUT2D eigenvalue weighted by Gasteiger charge is 2.10. The van der Waals surface area contributed by atoms with E-state index in [0.717, 1.165) is 17.3 Å². The van der Waals surface area contributed by atoms with Crippen LogP contribution in [0, 0.1) is 5.82 Å². The summed E-state index contributed by atoms with van der Waals surface area (Å²) < 4.78 is 13.8. The molecular weight excluding hydrogens is 337 g/mol. The first kappa shape index (κ1) is 17.5. The Hall–Kier alpha value is -1.85. The van der Waals surface area contributed by atoms with Crippen molar-refractivity contribution in [3.63, 3.8) is 0 Å². The molecule has 2 aromatic rings. The van der Waals surface area contributed by atoms with Crippen molar-refractivity contribution in [2.75, 3.05) is 5.75 Å². The van der Waals surface area contributed by atoms with Gasteiger partial charge in [0.05, 0.1) is 5.75 Å². The Balaban J connectivity index is 1.87. The fourth-order valence-corrected chi connectivity index (χ4v) is 2.82. The van der Waals surface area contributed by atoms with Crippen LogP contribution in [0.1, 0.15) is 22.8 Å². The van der Waals surface area contributed by atoms with Crippen LogP contribution in [0.4, 0.5) is 4.39 Å². The van der Waals surface area contributed by atoms with Gasteiger partial charge in [0.1, 0.15) is 5.82 Å². The predicted octanol–water partition coefficient (Wildman–Crippen LogP) is 4.09. The van der Waals surface area contributed by atoms with Gasteiger partial charge in [-0.15, -0.1) is 11.8 Å². The molecule has 0 spiro atoms. The van der Waals surface area contributed by atoms with Crippen molar-refractivity contribution in [2.24, 2.45) is 0 Å². The van der Waals surface area contributed by atoms with Gasteiger partial charge >= 0.3 is 0 Å². The highest BCUT2D eigenvalue weighted by molar-refractivity contribution is 8.00. The zero-order chi connectivity index (χ0) is 16.8. The third kappa shape index (κ3) is 5.08. The van der Waals surface area contributed by atoms with Crippen molar-refractivity contribution in [2.45, 2.75) is 18.4 Å². The third-order valence-electron chi connectivity index (χ3n) is 3.13. The van der Waals surface area contributed by atoms with Crippen LogP contribution in [0.25, 0.3) is 0 Å². The molecule has 0 aliphatic rings. The summed E-state index contributed by atoms with van der Waals surface area (Å²) in [4.78, 5) is 23.3. The zero-order valence-electron chi connectivity index (χ0n) is 12.4. The Morgan fingerprint density at radius 2 is 1.96 bits per heavy atom. The average Bonchev–Trinajstić information content (AvgIpc) is 2.52. The monoisotopic (exact) mass is 351 g/mol. The number of Topliss-reactive ketones (excluding diaryl/α,β-unsaturated/α-hetero) is 1. The fourth-order valence-electron chi connectivity index (χ4n) is 1.87. The van der Waals surface area contributed by atoms with E-state index in [9.17, 15) is 14.0 Å². The smallest absolute Gasteiger partial charge is 0.230 e. The molecule has 1 N–H and O–H groups in total. The molecule has 0 radical (unpaired) electrons. The van der Waals surface area contributed by atoms with E-state index in [-0.39, 0.29) is 17.4 Å². The molecule has 0 unspecified atom stereocenters. The molecule has 3 nitrogen and oxygen atoms in total. The van der Waals surface area contributed by atoms with E-state index in [0.29, 0.717) is 22.0 Å². The number of rotatable bonds is 6. The van der Waals surface area contributed by atoms with Crippen LogP contribution in [0.5, 0.6) is 0 Å². The Morgan fingerprint density at radius 3 is 2.61 bits per heavy atom. The van der Waals surface area contributed by atoms with E-state index in [1.54, 1.807) is 12.1 Å². The standard InChI is InChI=1S/C17H15ClFNO2S/c1-11(21)12-6-7-16(15(19)8-12)23-10-17(22)20-9-13-4-2-3-5-14(13)18/h2-8H,9-10H2,1H3,(H,20,22). The second-order valence-corrected chi connectivity index (χ2v) is 6.28. The summed E-state index contributed by atoms with van der Waals surface area (Å²) in [6.45, 7) is 1.70. The molecule has 0 atom stereocenters. The topological polar surface area (TPSA) is 46.2 Å².